The van der Waals surface area contributed by atoms with E-state index in [9.17, 15) is 4.79 Å². The zero-order valence-electron chi connectivity index (χ0n) is 14.6. The number of aliphatic hydroxyl groups is 1. The normalized spacial score (nSPS) is 22.3. The fourth-order valence-corrected chi connectivity index (χ4v) is 3.57. The van der Waals surface area contributed by atoms with Gasteiger partial charge < -0.3 is 20.8 Å². The van der Waals surface area contributed by atoms with E-state index < -0.39 is 0 Å². The first-order valence-electron chi connectivity index (χ1n) is 7.74. The molecule has 6 heteroatoms. The van der Waals surface area contributed by atoms with Gasteiger partial charge in [-0.2, -0.15) is 0 Å². The van der Waals surface area contributed by atoms with Crippen LogP contribution < -0.4 is 5.73 Å². The van der Waals surface area contributed by atoms with E-state index in [0.29, 0.717) is 10.9 Å². The van der Waals surface area contributed by atoms with Crippen LogP contribution in [0.25, 0.3) is 0 Å². The van der Waals surface area contributed by atoms with Crippen LogP contribution in [0.5, 0.6) is 0 Å². The third kappa shape index (κ3) is 5.64. The standard InChI is InChI=1S/C14H19N3OS.C2H6.CH4O/c1-9-14(6-11(8-18)17(9)2)19-12-3-4-13(16)10(5-12)7-15;2*1-2/h3-4,6-8,10,12-13,15H,5,16H2,1-2H3;1-2H3;2H,1H3. The van der Waals surface area contributed by atoms with Gasteiger partial charge in [-0.1, -0.05) is 26.0 Å². The lowest BCUT2D eigenvalue weighted by molar-refractivity contribution is 0.111. The SMILES string of the molecule is CC.CO.Cc1c(SC2C=CC(N)C(C=N)C2)cc(C=O)n1C. The van der Waals surface area contributed by atoms with E-state index in [0.717, 1.165) is 30.4 Å². The van der Waals surface area contributed by atoms with Crippen LogP contribution in [0.3, 0.4) is 0 Å². The molecule has 130 valence electrons. The second-order valence-corrected chi connectivity index (χ2v) is 6.16. The summed E-state index contributed by atoms with van der Waals surface area (Å²) in [4.78, 5) is 12.1. The maximum absolute atomic E-state index is 10.9. The lowest BCUT2D eigenvalue weighted by Crippen LogP contribution is -2.34. The molecule has 4 N–H and O–H groups in total. The molecule has 1 heterocycles. The number of hydrogen-bond donors (Lipinski definition) is 3. The Labute approximate surface area is 143 Å². The molecule has 1 aliphatic rings. The van der Waals surface area contributed by atoms with E-state index >= 15 is 0 Å². The van der Waals surface area contributed by atoms with Crippen molar-refractivity contribution in [2.75, 3.05) is 7.11 Å². The van der Waals surface area contributed by atoms with E-state index in [4.69, 9.17) is 16.2 Å². The average Bonchev–Trinajstić information content (AvgIpc) is 2.88. The minimum absolute atomic E-state index is 0.0447. The maximum atomic E-state index is 10.9. The van der Waals surface area contributed by atoms with Crippen LogP contribution in [0.1, 0.15) is 36.5 Å². The molecule has 0 spiro atoms. The zero-order valence-corrected chi connectivity index (χ0v) is 15.4. The fourth-order valence-electron chi connectivity index (χ4n) is 2.26. The predicted octanol–water partition coefficient (Wildman–Crippen LogP) is 2.79. The monoisotopic (exact) mass is 339 g/mol. The van der Waals surface area contributed by atoms with Gasteiger partial charge in [0.15, 0.2) is 6.29 Å². The number of rotatable bonds is 4. The molecule has 0 amide bonds. The van der Waals surface area contributed by atoms with Crippen molar-refractivity contribution in [1.29, 1.82) is 5.41 Å². The number of aldehydes is 1. The van der Waals surface area contributed by atoms with Crippen molar-refractivity contribution >= 4 is 24.3 Å². The molecule has 1 aromatic rings. The molecule has 0 fully saturated rings. The lowest BCUT2D eigenvalue weighted by atomic mass is 9.91. The molecule has 3 unspecified atom stereocenters. The van der Waals surface area contributed by atoms with Crippen molar-refractivity contribution in [3.63, 3.8) is 0 Å². The fraction of sp³-hybridized carbons (Fsp3) is 0.529. The largest absolute Gasteiger partial charge is 0.400 e. The number of carbonyl (C=O) groups is 1. The van der Waals surface area contributed by atoms with Crippen molar-refractivity contribution in [2.45, 2.75) is 43.4 Å². The van der Waals surface area contributed by atoms with Gasteiger partial charge in [-0.25, -0.2) is 0 Å². The molecule has 3 atom stereocenters. The molecular weight excluding hydrogens is 310 g/mol. The molecule has 0 bridgehead atoms. The highest BCUT2D eigenvalue weighted by molar-refractivity contribution is 8.00. The van der Waals surface area contributed by atoms with Gasteiger partial charge in [-0.05, 0) is 19.4 Å². The number of nitrogens with one attached hydrogen (secondary N) is 1. The maximum Gasteiger partial charge on any atom is 0.166 e. The van der Waals surface area contributed by atoms with Crippen molar-refractivity contribution < 1.29 is 9.90 Å². The minimum Gasteiger partial charge on any atom is -0.400 e. The molecule has 23 heavy (non-hydrogen) atoms. The lowest BCUT2D eigenvalue weighted by Gasteiger charge is -2.26. The number of carbonyl (C=O) groups excluding carboxylic acids is 1. The van der Waals surface area contributed by atoms with Crippen LogP contribution in [-0.2, 0) is 7.05 Å². The number of aliphatic hydroxyl groups excluding tert-OH is 1. The smallest absolute Gasteiger partial charge is 0.166 e. The number of aromatic nitrogens is 1. The molecule has 1 aromatic heterocycles. The Morgan fingerprint density at radius 2 is 2.00 bits per heavy atom. The Kier molecular flexibility index (Phi) is 10.5. The van der Waals surface area contributed by atoms with Crippen LogP contribution in [0.15, 0.2) is 23.1 Å². The van der Waals surface area contributed by atoms with E-state index in [2.05, 4.69) is 6.08 Å². The van der Waals surface area contributed by atoms with Gasteiger partial charge in [0.1, 0.15) is 0 Å². The Morgan fingerprint density at radius 3 is 2.48 bits per heavy atom. The highest BCUT2D eigenvalue weighted by Crippen LogP contribution is 2.34. The van der Waals surface area contributed by atoms with Crippen molar-refractivity contribution in [2.24, 2.45) is 18.7 Å². The Morgan fingerprint density at radius 1 is 1.39 bits per heavy atom. The zero-order chi connectivity index (χ0) is 18.0. The second-order valence-electron chi connectivity index (χ2n) is 4.88. The molecule has 0 saturated carbocycles. The third-order valence-corrected chi connectivity index (χ3v) is 5.01. The predicted molar refractivity (Wildman–Crippen MR) is 98.7 cm³/mol. The van der Waals surface area contributed by atoms with E-state index in [1.54, 1.807) is 11.8 Å². The summed E-state index contributed by atoms with van der Waals surface area (Å²) in [6.07, 6.45) is 7.29. The highest BCUT2D eigenvalue weighted by atomic mass is 32.2. The Bertz CT molecular complexity index is 526. The van der Waals surface area contributed by atoms with E-state index in [1.807, 2.05) is 44.5 Å². The van der Waals surface area contributed by atoms with Gasteiger partial charge in [0, 0.05) is 48.2 Å². The summed E-state index contributed by atoms with van der Waals surface area (Å²) >= 11 is 1.74. The number of nitrogens with zero attached hydrogens (tertiary/aromatic N) is 1. The Hall–Kier alpha value is -1.37. The first-order chi connectivity index (χ1) is 11.1. The number of hydrogen-bond acceptors (Lipinski definition) is 5. The van der Waals surface area contributed by atoms with E-state index in [-0.39, 0.29) is 12.0 Å². The van der Waals surface area contributed by atoms with Gasteiger partial charge in [-0.3, -0.25) is 4.79 Å². The Balaban J connectivity index is 0.00000112. The molecule has 1 aliphatic carbocycles. The summed E-state index contributed by atoms with van der Waals surface area (Å²) in [6, 6.07) is 1.88. The first-order valence-corrected chi connectivity index (χ1v) is 8.62. The molecule has 5 nitrogen and oxygen atoms in total. The van der Waals surface area contributed by atoms with Crippen LogP contribution in [0.2, 0.25) is 0 Å². The number of thioether (sulfide) groups is 1. The van der Waals surface area contributed by atoms with Crippen LogP contribution >= 0.6 is 11.8 Å². The van der Waals surface area contributed by atoms with Gasteiger partial charge in [0.25, 0.3) is 0 Å². The van der Waals surface area contributed by atoms with Gasteiger partial charge >= 0.3 is 0 Å². The summed E-state index contributed by atoms with van der Waals surface area (Å²) in [5.41, 5.74) is 7.72. The summed E-state index contributed by atoms with van der Waals surface area (Å²) in [6.45, 7) is 6.02. The summed E-state index contributed by atoms with van der Waals surface area (Å²) in [5, 5.41) is 14.7. The third-order valence-electron chi connectivity index (χ3n) is 3.69. The molecule has 2 rings (SSSR count). The van der Waals surface area contributed by atoms with E-state index in [1.165, 1.54) is 6.21 Å². The van der Waals surface area contributed by atoms with Gasteiger partial charge in [0.05, 0.1) is 5.69 Å². The second kappa shape index (κ2) is 11.2. The van der Waals surface area contributed by atoms with Gasteiger partial charge in [0.2, 0.25) is 0 Å². The molecule has 0 aliphatic heterocycles. The topological polar surface area (TPSA) is 92.1 Å². The minimum atomic E-state index is -0.0447. The van der Waals surface area contributed by atoms with Crippen LogP contribution in [0.4, 0.5) is 0 Å². The first kappa shape index (κ1) is 21.6. The number of nitrogens with two attached hydrogens (primary N) is 1. The molecular formula is C17H29N3O2S. The molecule has 0 saturated heterocycles. The quantitative estimate of drug-likeness (QED) is 0.447. The summed E-state index contributed by atoms with van der Waals surface area (Å²) < 4.78 is 1.90. The molecule has 0 radical (unpaired) electrons. The van der Waals surface area contributed by atoms with Crippen molar-refractivity contribution in [3.05, 3.63) is 29.6 Å². The van der Waals surface area contributed by atoms with Crippen molar-refractivity contribution in [1.82, 2.24) is 4.57 Å². The van der Waals surface area contributed by atoms with Crippen LogP contribution in [-0.4, -0.2) is 40.6 Å². The van der Waals surface area contributed by atoms with Crippen LogP contribution in [0, 0.1) is 18.3 Å². The summed E-state index contributed by atoms with van der Waals surface area (Å²) in [5.74, 6) is 0.108. The highest BCUT2D eigenvalue weighted by Gasteiger charge is 2.24. The molecule has 0 aromatic carbocycles. The van der Waals surface area contributed by atoms with Gasteiger partial charge in [-0.15, -0.1) is 11.8 Å². The van der Waals surface area contributed by atoms with Crippen molar-refractivity contribution in [3.8, 4) is 0 Å². The average molecular weight is 340 g/mol. The summed E-state index contributed by atoms with van der Waals surface area (Å²) in [7, 11) is 2.90.